The van der Waals surface area contributed by atoms with E-state index in [9.17, 15) is 0 Å². The number of ether oxygens (including phenoxy) is 1. The molecule has 0 saturated carbocycles. The van der Waals surface area contributed by atoms with E-state index in [1.54, 1.807) is 0 Å². The average Bonchev–Trinajstić information content (AvgIpc) is 2.66. The molecule has 0 aliphatic heterocycles. The van der Waals surface area contributed by atoms with Crippen LogP contribution < -0.4 is 5.73 Å². The van der Waals surface area contributed by atoms with E-state index < -0.39 is 5.60 Å². The van der Waals surface area contributed by atoms with Crippen LogP contribution in [-0.4, -0.2) is 0 Å². The lowest BCUT2D eigenvalue weighted by atomic mass is 9.84. The Bertz CT molecular complexity index is 729. The normalized spacial score (nSPS) is 11.4. The number of benzene rings is 3. The van der Waals surface area contributed by atoms with E-state index in [1.165, 1.54) is 0 Å². The van der Waals surface area contributed by atoms with Crippen LogP contribution in [0.2, 0.25) is 0 Å². The van der Waals surface area contributed by atoms with Crippen LogP contribution in [-0.2, 0) is 16.9 Å². The maximum absolute atomic E-state index is 6.54. The third-order valence-corrected chi connectivity index (χ3v) is 4.51. The van der Waals surface area contributed by atoms with Gasteiger partial charge in [-0.3, -0.25) is 0 Å². The molecule has 24 heavy (non-hydrogen) atoms. The highest BCUT2D eigenvalue weighted by atomic mass is 16.5. The van der Waals surface area contributed by atoms with Gasteiger partial charge in [-0.05, 0) is 23.6 Å². The highest BCUT2D eigenvalue weighted by molar-refractivity contribution is 5.46. The molecule has 0 saturated heterocycles. The van der Waals surface area contributed by atoms with Gasteiger partial charge >= 0.3 is 0 Å². The largest absolute Gasteiger partial charge is 0.398 e. The Kier molecular flexibility index (Phi) is 4.97. The molecule has 3 aromatic rings. The lowest BCUT2D eigenvalue weighted by Crippen LogP contribution is -2.30. The lowest BCUT2D eigenvalue weighted by Gasteiger charge is -2.34. The molecule has 2 heteroatoms. The second-order valence-electron chi connectivity index (χ2n) is 5.90. The van der Waals surface area contributed by atoms with E-state index >= 15 is 0 Å². The van der Waals surface area contributed by atoms with Crippen molar-refractivity contribution in [3.63, 3.8) is 0 Å². The maximum atomic E-state index is 6.54. The molecule has 0 unspecified atom stereocenters. The summed E-state index contributed by atoms with van der Waals surface area (Å²) in [5.41, 5.74) is 9.71. The molecule has 0 amide bonds. The van der Waals surface area contributed by atoms with Gasteiger partial charge in [0.2, 0.25) is 0 Å². The summed E-state index contributed by atoms with van der Waals surface area (Å²) < 4.78 is 6.54. The van der Waals surface area contributed by atoms with Gasteiger partial charge in [0.25, 0.3) is 0 Å². The van der Waals surface area contributed by atoms with Gasteiger partial charge in [0.1, 0.15) is 5.60 Å². The van der Waals surface area contributed by atoms with Crippen LogP contribution in [0.4, 0.5) is 5.69 Å². The molecule has 122 valence electrons. The maximum Gasteiger partial charge on any atom is 0.118 e. The summed E-state index contributed by atoms with van der Waals surface area (Å²) in [6.07, 6.45) is 0.841. The third kappa shape index (κ3) is 3.19. The van der Waals surface area contributed by atoms with E-state index in [2.05, 4.69) is 55.5 Å². The number of nitrogens with two attached hydrogens (primary N) is 1. The summed E-state index contributed by atoms with van der Waals surface area (Å²) in [5.74, 6) is 0. The monoisotopic (exact) mass is 317 g/mol. The molecule has 0 radical (unpaired) electrons. The van der Waals surface area contributed by atoms with Crippen molar-refractivity contribution in [2.75, 3.05) is 5.73 Å². The summed E-state index contributed by atoms with van der Waals surface area (Å²) in [4.78, 5) is 0. The van der Waals surface area contributed by atoms with Gasteiger partial charge < -0.3 is 10.5 Å². The van der Waals surface area contributed by atoms with Crippen molar-refractivity contribution in [1.29, 1.82) is 0 Å². The number of rotatable bonds is 6. The molecule has 0 bridgehead atoms. The van der Waals surface area contributed by atoms with Crippen LogP contribution >= 0.6 is 0 Å². The molecule has 0 aromatic heterocycles. The summed E-state index contributed by atoms with van der Waals surface area (Å²) in [7, 11) is 0. The molecular formula is C22H23NO. The van der Waals surface area contributed by atoms with E-state index in [0.29, 0.717) is 6.61 Å². The molecule has 0 aliphatic carbocycles. The molecular weight excluding hydrogens is 294 g/mol. The van der Waals surface area contributed by atoms with Crippen molar-refractivity contribution in [3.8, 4) is 0 Å². The molecule has 3 aromatic carbocycles. The summed E-state index contributed by atoms with van der Waals surface area (Å²) >= 11 is 0. The van der Waals surface area contributed by atoms with Crippen molar-refractivity contribution < 1.29 is 4.74 Å². The van der Waals surface area contributed by atoms with Gasteiger partial charge in [-0.25, -0.2) is 0 Å². The van der Waals surface area contributed by atoms with Gasteiger partial charge in [0, 0.05) is 11.3 Å². The molecule has 3 rings (SSSR count). The first-order chi connectivity index (χ1) is 11.8. The Morgan fingerprint density at radius 2 is 1.25 bits per heavy atom. The minimum atomic E-state index is -0.481. The predicted octanol–water partition coefficient (Wildman–Crippen LogP) is 5.14. The molecule has 0 spiro atoms. The SMILES string of the molecule is CCC(OCc1ccccc1N)(c1ccccc1)c1ccccc1. The first kappa shape index (κ1) is 16.3. The lowest BCUT2D eigenvalue weighted by molar-refractivity contribution is -0.0332. The van der Waals surface area contributed by atoms with Gasteiger partial charge in [0.05, 0.1) is 6.61 Å². The van der Waals surface area contributed by atoms with Crippen LogP contribution in [0.5, 0.6) is 0 Å². The van der Waals surface area contributed by atoms with Crippen LogP contribution in [0.15, 0.2) is 84.9 Å². The Morgan fingerprint density at radius 3 is 1.75 bits per heavy atom. The van der Waals surface area contributed by atoms with Crippen molar-refractivity contribution in [2.45, 2.75) is 25.6 Å². The first-order valence-electron chi connectivity index (χ1n) is 8.34. The van der Waals surface area contributed by atoms with E-state index in [0.717, 1.165) is 28.8 Å². The van der Waals surface area contributed by atoms with Crippen molar-refractivity contribution >= 4 is 5.69 Å². The zero-order chi connectivity index (χ0) is 16.8. The standard InChI is InChI=1S/C22H23NO/c1-2-22(19-12-5-3-6-13-19,20-14-7-4-8-15-20)24-17-18-11-9-10-16-21(18)23/h3-16H,2,17,23H2,1H3. The average molecular weight is 317 g/mol. The highest BCUT2D eigenvalue weighted by Gasteiger charge is 2.33. The molecule has 0 atom stereocenters. The highest BCUT2D eigenvalue weighted by Crippen LogP contribution is 2.38. The number of hydrogen-bond donors (Lipinski definition) is 1. The Balaban J connectivity index is 2.00. The number of anilines is 1. The van der Waals surface area contributed by atoms with Gasteiger partial charge in [-0.1, -0.05) is 85.8 Å². The van der Waals surface area contributed by atoms with Crippen molar-refractivity contribution in [2.24, 2.45) is 0 Å². The Morgan fingerprint density at radius 1 is 0.750 bits per heavy atom. The second-order valence-corrected chi connectivity index (χ2v) is 5.90. The van der Waals surface area contributed by atoms with Crippen molar-refractivity contribution in [1.82, 2.24) is 0 Å². The molecule has 2 nitrogen and oxygen atoms in total. The second kappa shape index (κ2) is 7.33. The minimum Gasteiger partial charge on any atom is -0.398 e. The van der Waals surface area contributed by atoms with E-state index in [1.807, 2.05) is 36.4 Å². The zero-order valence-corrected chi connectivity index (χ0v) is 14.0. The number of para-hydroxylation sites is 1. The fourth-order valence-electron chi connectivity index (χ4n) is 3.12. The summed E-state index contributed by atoms with van der Waals surface area (Å²) in [5, 5.41) is 0. The van der Waals surface area contributed by atoms with Gasteiger partial charge in [-0.15, -0.1) is 0 Å². The molecule has 2 N–H and O–H groups in total. The van der Waals surface area contributed by atoms with E-state index in [-0.39, 0.29) is 0 Å². The smallest absolute Gasteiger partial charge is 0.118 e. The van der Waals surface area contributed by atoms with E-state index in [4.69, 9.17) is 10.5 Å². The van der Waals surface area contributed by atoms with Gasteiger partial charge in [-0.2, -0.15) is 0 Å². The Hall–Kier alpha value is -2.58. The van der Waals surface area contributed by atoms with Crippen LogP contribution in [0.1, 0.15) is 30.0 Å². The summed E-state index contributed by atoms with van der Waals surface area (Å²) in [6.45, 7) is 2.64. The fourth-order valence-corrected chi connectivity index (χ4v) is 3.12. The predicted molar refractivity (Wildman–Crippen MR) is 99.6 cm³/mol. The Labute approximate surface area is 143 Å². The van der Waals surface area contributed by atoms with Gasteiger partial charge in [0.15, 0.2) is 0 Å². The quantitative estimate of drug-likeness (QED) is 0.639. The topological polar surface area (TPSA) is 35.2 Å². The number of nitrogen functional groups attached to an aromatic ring is 1. The molecule has 0 fully saturated rings. The minimum absolute atomic E-state index is 0.476. The van der Waals surface area contributed by atoms with Crippen molar-refractivity contribution in [3.05, 3.63) is 102 Å². The van der Waals surface area contributed by atoms with Crippen LogP contribution in [0.3, 0.4) is 0 Å². The zero-order valence-electron chi connectivity index (χ0n) is 14.0. The molecule has 0 heterocycles. The van der Waals surface area contributed by atoms with Crippen LogP contribution in [0.25, 0.3) is 0 Å². The summed E-state index contributed by atoms with van der Waals surface area (Å²) in [6, 6.07) is 28.7. The van der Waals surface area contributed by atoms with Crippen LogP contribution in [0, 0.1) is 0 Å². The number of hydrogen-bond acceptors (Lipinski definition) is 2. The fraction of sp³-hybridized carbons (Fsp3) is 0.182. The first-order valence-corrected chi connectivity index (χ1v) is 8.34. The molecule has 0 aliphatic rings. The third-order valence-electron chi connectivity index (χ3n) is 4.51.